The van der Waals surface area contributed by atoms with Crippen LogP contribution in [0.25, 0.3) is 11.3 Å². The number of fused-ring (bicyclic) bond motifs is 1. The molecular formula is C29H31F3N6O6. The van der Waals surface area contributed by atoms with Gasteiger partial charge in [0.05, 0.1) is 34.4 Å². The highest BCUT2D eigenvalue weighted by molar-refractivity contribution is 5.97. The van der Waals surface area contributed by atoms with Gasteiger partial charge >= 0.3 is 12.1 Å². The average Bonchev–Trinajstić information content (AvgIpc) is 3.34. The minimum Gasteiger partial charge on any atom is -0.478 e. The number of carbonyl (C=O) groups excluding carboxylic acids is 1. The molecular weight excluding hydrogens is 585 g/mol. The van der Waals surface area contributed by atoms with Crippen LogP contribution in [0.15, 0.2) is 42.5 Å². The van der Waals surface area contributed by atoms with E-state index in [4.69, 9.17) is 0 Å². The quantitative estimate of drug-likeness (QED) is 0.288. The molecule has 0 aliphatic carbocycles. The molecule has 1 saturated heterocycles. The van der Waals surface area contributed by atoms with Crippen LogP contribution in [-0.2, 0) is 30.5 Å². The summed E-state index contributed by atoms with van der Waals surface area (Å²) in [5.74, 6) is -1.39. The van der Waals surface area contributed by atoms with Crippen molar-refractivity contribution < 1.29 is 37.9 Å². The Hall–Kier alpha value is -4.50. The van der Waals surface area contributed by atoms with Gasteiger partial charge in [0.2, 0.25) is 5.91 Å². The summed E-state index contributed by atoms with van der Waals surface area (Å²) >= 11 is 0. The number of para-hydroxylation sites is 1. The number of hydrogen-bond acceptors (Lipinski definition) is 8. The van der Waals surface area contributed by atoms with Crippen molar-refractivity contribution >= 4 is 23.3 Å². The Bertz CT molecular complexity index is 1530. The number of benzene rings is 2. The van der Waals surface area contributed by atoms with Crippen LogP contribution in [0.3, 0.4) is 0 Å². The Morgan fingerprint density at radius 3 is 2.32 bits per heavy atom. The predicted octanol–water partition coefficient (Wildman–Crippen LogP) is 3.26. The van der Waals surface area contributed by atoms with Gasteiger partial charge in [-0.15, -0.1) is 0 Å². The van der Waals surface area contributed by atoms with Crippen molar-refractivity contribution in [2.75, 3.05) is 44.2 Å². The van der Waals surface area contributed by atoms with Crippen molar-refractivity contribution in [2.24, 2.45) is 0 Å². The van der Waals surface area contributed by atoms with E-state index < -0.39 is 28.7 Å². The molecule has 0 bridgehead atoms. The van der Waals surface area contributed by atoms with E-state index in [1.165, 1.54) is 37.3 Å². The lowest BCUT2D eigenvalue weighted by molar-refractivity contribution is -0.384. The summed E-state index contributed by atoms with van der Waals surface area (Å²) in [5.41, 5.74) is 1.31. The SMILES string of the molecule is CC(=O)N1CCc2c(c(-c3ccc(C(F)(F)F)cc3)nn2CC(O)CN2CCN(c3c(C(=O)O)cccc3[N+](=O)[O-])CC2)C1. The highest BCUT2D eigenvalue weighted by Crippen LogP contribution is 2.35. The van der Waals surface area contributed by atoms with E-state index in [0.717, 1.165) is 23.4 Å². The molecule has 3 heterocycles. The van der Waals surface area contributed by atoms with E-state index in [2.05, 4.69) is 5.10 Å². The number of aromatic nitrogens is 2. The Morgan fingerprint density at radius 1 is 1.05 bits per heavy atom. The topological polar surface area (TPSA) is 145 Å². The van der Waals surface area contributed by atoms with Crippen molar-refractivity contribution in [3.8, 4) is 11.3 Å². The lowest BCUT2D eigenvalue weighted by Crippen LogP contribution is -2.49. The fourth-order valence-corrected chi connectivity index (χ4v) is 5.85. The van der Waals surface area contributed by atoms with E-state index in [1.54, 1.807) is 14.5 Å². The maximum absolute atomic E-state index is 13.1. The van der Waals surface area contributed by atoms with E-state index in [1.807, 2.05) is 4.90 Å². The van der Waals surface area contributed by atoms with Crippen LogP contribution >= 0.6 is 0 Å². The summed E-state index contributed by atoms with van der Waals surface area (Å²) in [4.78, 5) is 40.1. The Labute approximate surface area is 250 Å². The van der Waals surface area contributed by atoms with Gasteiger partial charge in [0, 0.05) is 82.0 Å². The first-order valence-electron chi connectivity index (χ1n) is 14.0. The lowest BCUT2D eigenvalue weighted by atomic mass is 10.00. The first-order chi connectivity index (χ1) is 20.8. The van der Waals surface area contributed by atoms with Gasteiger partial charge in [-0.1, -0.05) is 18.2 Å². The van der Waals surface area contributed by atoms with Gasteiger partial charge in [-0.3, -0.25) is 24.5 Å². The molecule has 1 aromatic heterocycles. The first-order valence-corrected chi connectivity index (χ1v) is 14.0. The summed E-state index contributed by atoms with van der Waals surface area (Å²) in [6, 6.07) is 8.63. The maximum atomic E-state index is 13.1. The number of anilines is 1. The summed E-state index contributed by atoms with van der Waals surface area (Å²) in [5, 5.41) is 36.9. The monoisotopic (exact) mass is 616 g/mol. The van der Waals surface area contributed by atoms with Gasteiger partial charge in [-0.2, -0.15) is 18.3 Å². The van der Waals surface area contributed by atoms with Crippen LogP contribution < -0.4 is 4.90 Å². The molecule has 12 nitrogen and oxygen atoms in total. The van der Waals surface area contributed by atoms with Crippen molar-refractivity contribution in [3.05, 3.63) is 75.0 Å². The molecule has 0 radical (unpaired) electrons. The molecule has 1 fully saturated rings. The van der Waals surface area contributed by atoms with Crippen LogP contribution in [0.5, 0.6) is 0 Å². The number of aromatic carboxylic acids is 1. The number of aliphatic hydroxyl groups excluding tert-OH is 1. The Morgan fingerprint density at radius 2 is 1.73 bits per heavy atom. The molecule has 1 atom stereocenters. The molecule has 3 aromatic rings. The van der Waals surface area contributed by atoms with Crippen LogP contribution in [0.2, 0.25) is 0 Å². The number of hydrogen-bond donors (Lipinski definition) is 2. The van der Waals surface area contributed by atoms with Crippen LogP contribution in [-0.4, -0.2) is 92.0 Å². The van der Waals surface area contributed by atoms with E-state index in [0.29, 0.717) is 50.4 Å². The number of alkyl halides is 3. The third-order valence-corrected chi connectivity index (χ3v) is 8.05. The number of halogens is 3. The molecule has 2 aliphatic heterocycles. The highest BCUT2D eigenvalue weighted by atomic mass is 19.4. The highest BCUT2D eigenvalue weighted by Gasteiger charge is 2.32. The van der Waals surface area contributed by atoms with E-state index >= 15 is 0 Å². The normalized spacial score (nSPS) is 16.5. The summed E-state index contributed by atoms with van der Waals surface area (Å²) in [7, 11) is 0. The zero-order valence-corrected chi connectivity index (χ0v) is 23.8. The number of amides is 1. The van der Waals surface area contributed by atoms with E-state index in [9.17, 15) is 43.1 Å². The van der Waals surface area contributed by atoms with Crippen LogP contribution in [0.4, 0.5) is 24.5 Å². The molecule has 0 saturated carbocycles. The fourth-order valence-electron chi connectivity index (χ4n) is 5.85. The molecule has 5 rings (SSSR count). The zero-order chi connectivity index (χ0) is 31.8. The van der Waals surface area contributed by atoms with Gasteiger partial charge in [-0.25, -0.2) is 4.79 Å². The molecule has 1 amide bonds. The second kappa shape index (κ2) is 12.2. The number of β-amino-alcohol motifs (C(OH)–C–C–N with tert-alkyl or cyclic N) is 1. The number of nitro benzene ring substituents is 1. The molecule has 2 aliphatic rings. The smallest absolute Gasteiger partial charge is 0.416 e. The molecule has 234 valence electrons. The van der Waals surface area contributed by atoms with Gasteiger partial charge < -0.3 is 20.0 Å². The number of rotatable bonds is 8. The number of piperazine rings is 1. The largest absolute Gasteiger partial charge is 0.478 e. The molecule has 1 unspecified atom stereocenters. The third-order valence-electron chi connectivity index (χ3n) is 8.05. The van der Waals surface area contributed by atoms with Gasteiger partial charge in [0.15, 0.2) is 0 Å². The number of carbonyl (C=O) groups is 2. The summed E-state index contributed by atoms with van der Waals surface area (Å²) < 4.78 is 41.1. The number of nitrogens with zero attached hydrogens (tertiary/aromatic N) is 6. The molecule has 0 spiro atoms. The van der Waals surface area contributed by atoms with Crippen molar-refractivity contribution in [3.63, 3.8) is 0 Å². The number of carboxylic acid groups (broad SMARTS) is 1. The first kappa shape index (κ1) is 30.9. The minimum atomic E-state index is -4.48. The molecule has 44 heavy (non-hydrogen) atoms. The summed E-state index contributed by atoms with van der Waals surface area (Å²) in [6.45, 7) is 3.98. The van der Waals surface area contributed by atoms with Gasteiger partial charge in [0.1, 0.15) is 5.69 Å². The second-order valence-corrected chi connectivity index (χ2v) is 10.9. The third kappa shape index (κ3) is 6.38. The second-order valence-electron chi connectivity index (χ2n) is 10.9. The molecule has 15 heteroatoms. The van der Waals surface area contributed by atoms with Gasteiger partial charge in [-0.05, 0) is 18.2 Å². The number of carboxylic acids is 1. The number of nitro groups is 1. The Kier molecular flexibility index (Phi) is 8.61. The molecule has 2 aromatic carbocycles. The maximum Gasteiger partial charge on any atom is 0.416 e. The zero-order valence-electron chi connectivity index (χ0n) is 23.8. The fraction of sp³-hybridized carbons (Fsp3) is 0.414. The minimum absolute atomic E-state index is 0.0590. The van der Waals surface area contributed by atoms with Crippen molar-refractivity contribution in [1.82, 2.24) is 19.6 Å². The standard InChI is InChI=1S/C29H31F3N6O6/c1-18(39)36-10-9-24-23(17-36)26(19-5-7-20(8-6-19)29(30,31)32)33-37(24)16-21(40)15-34-11-13-35(14-12-34)27-22(28(41)42)3-2-4-25(27)38(43)44/h2-8,21,40H,9-17H2,1H3,(H,41,42). The summed E-state index contributed by atoms with van der Waals surface area (Å²) in [6.07, 6.45) is -4.89. The molecule has 2 N–H and O–H groups in total. The lowest BCUT2D eigenvalue weighted by Gasteiger charge is -2.37. The van der Waals surface area contributed by atoms with Crippen molar-refractivity contribution in [2.45, 2.75) is 38.7 Å². The van der Waals surface area contributed by atoms with E-state index in [-0.39, 0.29) is 42.5 Å². The average molecular weight is 617 g/mol. The van der Waals surface area contributed by atoms with Crippen molar-refractivity contribution in [1.29, 1.82) is 0 Å². The van der Waals surface area contributed by atoms with Gasteiger partial charge in [0.25, 0.3) is 5.69 Å². The Balaban J connectivity index is 1.30. The number of aliphatic hydroxyl groups is 1. The van der Waals surface area contributed by atoms with Crippen LogP contribution in [0.1, 0.15) is 34.1 Å². The van der Waals surface area contributed by atoms with Crippen LogP contribution in [0, 0.1) is 10.1 Å². The predicted molar refractivity (Wildman–Crippen MR) is 152 cm³/mol.